The van der Waals surface area contributed by atoms with Crippen molar-refractivity contribution in [3.63, 3.8) is 0 Å². The molecule has 178 valence electrons. The molecule has 0 saturated heterocycles. The molecule has 10 nitrogen and oxygen atoms in total. The van der Waals surface area contributed by atoms with Gasteiger partial charge in [-0.15, -0.1) is 0 Å². The summed E-state index contributed by atoms with van der Waals surface area (Å²) in [5.74, 6) is -7.07. The number of ether oxygens (including phenoxy) is 1. The molecule has 0 aliphatic rings. The fourth-order valence-electron chi connectivity index (χ4n) is 3.16. The van der Waals surface area contributed by atoms with Crippen LogP contribution in [-0.2, 0) is 16.1 Å². The second-order valence-corrected chi connectivity index (χ2v) is 7.13. The van der Waals surface area contributed by atoms with Crippen LogP contribution in [0.5, 0.6) is 5.75 Å². The summed E-state index contributed by atoms with van der Waals surface area (Å²) in [5.41, 5.74) is 0.568. The first-order chi connectivity index (χ1) is 16.2. The molecule has 12 heteroatoms. The molecular formula is C22H20F2N4O6. The second-order valence-electron chi connectivity index (χ2n) is 7.13. The van der Waals surface area contributed by atoms with Crippen molar-refractivity contribution in [1.82, 2.24) is 15.3 Å². The van der Waals surface area contributed by atoms with Gasteiger partial charge in [-0.3, -0.25) is 14.6 Å². The number of para-hydroxylation sites is 2. The van der Waals surface area contributed by atoms with E-state index in [1.54, 1.807) is 18.2 Å². The molecule has 1 atom stereocenters. The van der Waals surface area contributed by atoms with Crippen LogP contribution >= 0.6 is 0 Å². The van der Waals surface area contributed by atoms with E-state index < -0.39 is 59.7 Å². The number of hydrogen-bond donors (Lipinski definition) is 4. The smallest absolute Gasteiger partial charge is 0.326 e. The molecule has 3 aromatic rings. The molecule has 34 heavy (non-hydrogen) atoms. The number of carbonyl (C=O) groups is 3. The van der Waals surface area contributed by atoms with Crippen LogP contribution in [0.1, 0.15) is 28.9 Å². The van der Waals surface area contributed by atoms with Gasteiger partial charge in [0, 0.05) is 12.5 Å². The maximum absolute atomic E-state index is 15.0. The van der Waals surface area contributed by atoms with Gasteiger partial charge in [-0.25, -0.2) is 18.6 Å². The van der Waals surface area contributed by atoms with Crippen molar-refractivity contribution in [1.29, 1.82) is 0 Å². The summed E-state index contributed by atoms with van der Waals surface area (Å²) < 4.78 is 34.7. The normalized spacial score (nSPS) is 11.6. The van der Waals surface area contributed by atoms with Gasteiger partial charge >= 0.3 is 11.9 Å². The van der Waals surface area contributed by atoms with E-state index in [1.165, 1.54) is 6.20 Å². The van der Waals surface area contributed by atoms with E-state index in [-0.39, 0.29) is 12.2 Å². The van der Waals surface area contributed by atoms with E-state index in [0.29, 0.717) is 16.7 Å². The number of carboxylic acid groups (broad SMARTS) is 2. The van der Waals surface area contributed by atoms with Crippen molar-refractivity contribution in [2.24, 2.45) is 0 Å². The highest BCUT2D eigenvalue weighted by Gasteiger charge is 2.28. The number of carboxylic acids is 2. The van der Waals surface area contributed by atoms with E-state index in [4.69, 9.17) is 9.84 Å². The molecular weight excluding hydrogens is 454 g/mol. The van der Waals surface area contributed by atoms with Gasteiger partial charge in [0.1, 0.15) is 17.4 Å². The van der Waals surface area contributed by atoms with Gasteiger partial charge in [0.05, 0.1) is 42.3 Å². The van der Waals surface area contributed by atoms with E-state index in [1.807, 2.05) is 11.4 Å². The van der Waals surface area contributed by atoms with Crippen LogP contribution in [0.2, 0.25) is 0 Å². The van der Waals surface area contributed by atoms with Gasteiger partial charge in [-0.1, -0.05) is 12.1 Å². The third-order valence-corrected chi connectivity index (χ3v) is 4.81. The summed E-state index contributed by atoms with van der Waals surface area (Å²) in [5, 5.41) is 22.6. The van der Waals surface area contributed by atoms with Crippen LogP contribution in [0.25, 0.3) is 11.0 Å². The van der Waals surface area contributed by atoms with Crippen molar-refractivity contribution in [2.45, 2.75) is 25.4 Å². The standard InChI is InChI=1S/C22H20F2N4O6/c1-34-20-18(21(31)28-15(22(32)33)6-7-17(29)30)12(23)8-16(19(20)24)26-10-11-9-25-13-4-2-3-5-14(13)27-11/h2-5,8-9,15,26H,6-7,10H2,1H3,(H,28,31)(H,29,30)(H,32,33). The molecule has 0 fully saturated rings. The van der Waals surface area contributed by atoms with Gasteiger partial charge < -0.3 is 25.6 Å². The number of fused-ring (bicyclic) bond motifs is 1. The van der Waals surface area contributed by atoms with E-state index in [0.717, 1.165) is 13.2 Å². The number of nitrogens with one attached hydrogen (secondary N) is 2. The Morgan fingerprint density at radius 2 is 1.85 bits per heavy atom. The van der Waals surface area contributed by atoms with Crippen LogP contribution in [0.4, 0.5) is 14.5 Å². The lowest BCUT2D eigenvalue weighted by Gasteiger charge is -2.17. The number of benzene rings is 2. The highest BCUT2D eigenvalue weighted by atomic mass is 19.1. The Hall–Kier alpha value is -4.35. The molecule has 1 amide bonds. The lowest BCUT2D eigenvalue weighted by Crippen LogP contribution is -2.41. The third kappa shape index (κ3) is 5.52. The van der Waals surface area contributed by atoms with E-state index in [9.17, 15) is 23.9 Å². The third-order valence-electron chi connectivity index (χ3n) is 4.81. The zero-order valence-corrected chi connectivity index (χ0v) is 17.8. The largest absolute Gasteiger partial charge is 0.493 e. The lowest BCUT2D eigenvalue weighted by molar-refractivity contribution is -0.140. The van der Waals surface area contributed by atoms with Crippen LogP contribution in [-0.4, -0.2) is 51.2 Å². The number of halogens is 2. The Bertz CT molecular complexity index is 1250. The second kappa shape index (κ2) is 10.5. The molecule has 3 rings (SSSR count). The fraction of sp³-hybridized carbons (Fsp3) is 0.227. The maximum Gasteiger partial charge on any atom is 0.326 e. The highest BCUT2D eigenvalue weighted by Crippen LogP contribution is 2.32. The predicted octanol–water partition coefficient (Wildman–Crippen LogP) is 2.58. The first-order valence-electron chi connectivity index (χ1n) is 9.97. The summed E-state index contributed by atoms with van der Waals surface area (Å²) >= 11 is 0. The zero-order chi connectivity index (χ0) is 24.8. The number of anilines is 1. The Morgan fingerprint density at radius 3 is 2.50 bits per heavy atom. The summed E-state index contributed by atoms with van der Waals surface area (Å²) in [6.45, 7) is -0.0147. The first-order valence-corrected chi connectivity index (χ1v) is 9.97. The summed E-state index contributed by atoms with van der Waals surface area (Å²) in [7, 11) is 1.02. The van der Waals surface area contributed by atoms with Crippen molar-refractivity contribution >= 4 is 34.6 Å². The molecule has 1 unspecified atom stereocenters. The molecule has 0 radical (unpaired) electrons. The highest BCUT2D eigenvalue weighted by molar-refractivity contribution is 5.99. The zero-order valence-electron chi connectivity index (χ0n) is 17.8. The minimum absolute atomic E-state index is 0.0147. The Labute approximate surface area is 191 Å². The number of nitrogens with zero attached hydrogens (tertiary/aromatic N) is 2. The monoisotopic (exact) mass is 474 g/mol. The molecule has 0 bridgehead atoms. The van der Waals surface area contributed by atoms with Gasteiger partial charge in [-0.2, -0.15) is 0 Å². The minimum Gasteiger partial charge on any atom is -0.493 e. The van der Waals surface area contributed by atoms with E-state index >= 15 is 4.39 Å². The van der Waals surface area contributed by atoms with Crippen molar-refractivity contribution in [3.05, 3.63) is 59.4 Å². The molecule has 4 N–H and O–H groups in total. The minimum atomic E-state index is -1.62. The summed E-state index contributed by atoms with van der Waals surface area (Å²) in [6, 6.07) is 6.23. The van der Waals surface area contributed by atoms with Gasteiger partial charge in [0.2, 0.25) is 0 Å². The molecule has 0 aliphatic heterocycles. The quantitative estimate of drug-likeness (QED) is 0.348. The Balaban J connectivity index is 1.82. The predicted molar refractivity (Wildman–Crippen MR) is 116 cm³/mol. The maximum atomic E-state index is 15.0. The van der Waals surface area contributed by atoms with Gasteiger partial charge in [0.25, 0.3) is 5.91 Å². The summed E-state index contributed by atoms with van der Waals surface area (Å²) in [4.78, 5) is 43.2. The lowest BCUT2D eigenvalue weighted by atomic mass is 10.1. The fourth-order valence-corrected chi connectivity index (χ4v) is 3.16. The van der Waals surface area contributed by atoms with Crippen LogP contribution in [0, 0.1) is 11.6 Å². The average molecular weight is 474 g/mol. The number of amides is 1. The van der Waals surface area contributed by atoms with Crippen molar-refractivity contribution < 1.29 is 38.1 Å². The van der Waals surface area contributed by atoms with Crippen LogP contribution < -0.4 is 15.4 Å². The molecule has 0 aliphatic carbocycles. The molecule has 1 heterocycles. The van der Waals surface area contributed by atoms with Crippen molar-refractivity contribution in [2.75, 3.05) is 12.4 Å². The topological polar surface area (TPSA) is 151 Å². The number of methoxy groups -OCH3 is 1. The molecule has 0 spiro atoms. The van der Waals surface area contributed by atoms with Crippen LogP contribution in [0.3, 0.4) is 0 Å². The van der Waals surface area contributed by atoms with E-state index in [2.05, 4.69) is 15.3 Å². The summed E-state index contributed by atoms with van der Waals surface area (Å²) in [6.07, 6.45) is 0.479. The first kappa shape index (κ1) is 24.3. The SMILES string of the molecule is COc1c(F)c(NCc2cnc3ccccc3n2)cc(F)c1C(=O)NC(CCC(=O)O)C(=O)O. The molecule has 1 aromatic heterocycles. The Morgan fingerprint density at radius 1 is 1.15 bits per heavy atom. The van der Waals surface area contributed by atoms with Crippen molar-refractivity contribution in [3.8, 4) is 5.75 Å². The van der Waals surface area contributed by atoms with Gasteiger partial charge in [0.15, 0.2) is 11.6 Å². The number of aliphatic carboxylic acids is 2. The Kier molecular flexibility index (Phi) is 7.51. The molecule has 0 saturated carbocycles. The number of rotatable bonds is 10. The number of aromatic nitrogens is 2. The van der Waals surface area contributed by atoms with Gasteiger partial charge in [-0.05, 0) is 18.6 Å². The molecule has 2 aromatic carbocycles. The number of carbonyl (C=O) groups excluding carboxylic acids is 1. The average Bonchev–Trinajstić information content (AvgIpc) is 2.81. The van der Waals surface area contributed by atoms with Crippen LogP contribution in [0.15, 0.2) is 36.5 Å². The number of hydrogen-bond acceptors (Lipinski definition) is 7.